The van der Waals surface area contributed by atoms with Gasteiger partial charge in [-0.05, 0) is 37.8 Å². The van der Waals surface area contributed by atoms with Gasteiger partial charge >= 0.3 is 0 Å². The van der Waals surface area contributed by atoms with Gasteiger partial charge in [0.05, 0.1) is 6.54 Å². The number of amides is 1. The number of carbonyl (C=O) groups excluding carboxylic acids is 2. The Balaban J connectivity index is 1.42. The van der Waals surface area contributed by atoms with Gasteiger partial charge in [-0.3, -0.25) is 9.59 Å². The number of Topliss-reactive ketones (excluding diaryl/α,β-unsaturated/α-hetero) is 1. The molecular formula is C18H23NO3. The van der Waals surface area contributed by atoms with Gasteiger partial charge in [-0.2, -0.15) is 0 Å². The summed E-state index contributed by atoms with van der Waals surface area (Å²) < 4.78 is 5.57. The third-order valence-corrected chi connectivity index (χ3v) is 4.83. The van der Waals surface area contributed by atoms with Crippen molar-refractivity contribution in [2.24, 2.45) is 17.8 Å². The topological polar surface area (TPSA) is 55.4 Å². The van der Waals surface area contributed by atoms with Crippen LogP contribution < -0.4 is 10.1 Å². The van der Waals surface area contributed by atoms with Crippen LogP contribution in [0.25, 0.3) is 0 Å². The maximum Gasteiger partial charge on any atom is 0.223 e. The minimum Gasteiger partial charge on any atom is -0.492 e. The van der Waals surface area contributed by atoms with Crippen LogP contribution in [0.1, 0.15) is 32.1 Å². The highest BCUT2D eigenvalue weighted by atomic mass is 16.5. The Morgan fingerprint density at radius 1 is 1.14 bits per heavy atom. The minimum absolute atomic E-state index is 0.00438. The van der Waals surface area contributed by atoms with Crippen LogP contribution >= 0.6 is 0 Å². The van der Waals surface area contributed by atoms with Crippen LogP contribution in [-0.2, 0) is 9.59 Å². The second kappa shape index (κ2) is 6.95. The molecule has 0 heterocycles. The quantitative estimate of drug-likeness (QED) is 0.850. The summed E-state index contributed by atoms with van der Waals surface area (Å²) in [6, 6.07) is 9.58. The van der Waals surface area contributed by atoms with Crippen molar-refractivity contribution in [2.45, 2.75) is 32.1 Å². The first-order chi connectivity index (χ1) is 10.7. The van der Waals surface area contributed by atoms with Gasteiger partial charge in [0.15, 0.2) is 0 Å². The molecule has 4 nitrogen and oxygen atoms in total. The number of benzene rings is 1. The predicted octanol–water partition coefficient (Wildman–Crippen LogP) is 2.58. The van der Waals surface area contributed by atoms with Crippen molar-refractivity contribution in [1.82, 2.24) is 5.32 Å². The number of para-hydroxylation sites is 1. The van der Waals surface area contributed by atoms with Crippen LogP contribution in [-0.4, -0.2) is 24.8 Å². The van der Waals surface area contributed by atoms with Crippen molar-refractivity contribution in [1.29, 1.82) is 0 Å². The average Bonchev–Trinajstić information content (AvgIpc) is 2.52. The number of hydrogen-bond acceptors (Lipinski definition) is 3. The summed E-state index contributed by atoms with van der Waals surface area (Å²) >= 11 is 0. The Kier molecular flexibility index (Phi) is 4.76. The van der Waals surface area contributed by atoms with Crippen LogP contribution in [0.15, 0.2) is 30.3 Å². The van der Waals surface area contributed by atoms with Crippen LogP contribution in [0.5, 0.6) is 5.75 Å². The first kappa shape index (κ1) is 15.1. The standard InChI is InChI=1S/C18H23NO3/c20-17-13-5-4-6-14(17)12-15(11-13)18(21)19-9-10-22-16-7-2-1-3-8-16/h1-3,7-8,13-15H,4-6,9-12H2,(H,19,21). The second-order valence-corrected chi connectivity index (χ2v) is 6.35. The van der Waals surface area contributed by atoms with E-state index in [4.69, 9.17) is 4.74 Å². The first-order valence-electron chi connectivity index (χ1n) is 8.23. The molecule has 2 fully saturated rings. The van der Waals surface area contributed by atoms with Gasteiger partial charge in [0, 0.05) is 17.8 Å². The lowest BCUT2D eigenvalue weighted by Gasteiger charge is -2.36. The molecule has 0 aliphatic heterocycles. The van der Waals surface area contributed by atoms with E-state index >= 15 is 0 Å². The van der Waals surface area contributed by atoms with Crippen LogP contribution in [0.2, 0.25) is 0 Å². The molecular weight excluding hydrogens is 278 g/mol. The molecule has 1 N–H and O–H groups in total. The zero-order valence-corrected chi connectivity index (χ0v) is 12.8. The van der Waals surface area contributed by atoms with Crippen molar-refractivity contribution in [3.8, 4) is 5.75 Å². The summed E-state index contributed by atoms with van der Waals surface area (Å²) in [5, 5.41) is 2.95. The lowest BCUT2D eigenvalue weighted by Crippen LogP contribution is -2.43. The van der Waals surface area contributed by atoms with E-state index < -0.39 is 0 Å². The third kappa shape index (κ3) is 3.49. The Morgan fingerprint density at radius 2 is 1.82 bits per heavy atom. The molecule has 118 valence electrons. The Bertz CT molecular complexity index is 512. The molecule has 1 aromatic rings. The molecule has 1 amide bonds. The molecule has 22 heavy (non-hydrogen) atoms. The van der Waals surface area contributed by atoms with Crippen LogP contribution in [0.3, 0.4) is 0 Å². The number of hydrogen-bond donors (Lipinski definition) is 1. The van der Waals surface area contributed by atoms with E-state index in [9.17, 15) is 9.59 Å². The fraction of sp³-hybridized carbons (Fsp3) is 0.556. The van der Waals surface area contributed by atoms with Crippen molar-refractivity contribution in [2.75, 3.05) is 13.2 Å². The van der Waals surface area contributed by atoms with Gasteiger partial charge in [0.2, 0.25) is 5.91 Å². The predicted molar refractivity (Wildman–Crippen MR) is 83.5 cm³/mol. The summed E-state index contributed by atoms with van der Waals surface area (Å²) in [6.45, 7) is 0.974. The van der Waals surface area contributed by atoms with Crippen molar-refractivity contribution in [3.63, 3.8) is 0 Å². The molecule has 0 radical (unpaired) electrons. The molecule has 2 atom stereocenters. The zero-order chi connectivity index (χ0) is 15.4. The molecule has 3 rings (SSSR count). The molecule has 1 aromatic carbocycles. The maximum atomic E-state index is 12.3. The van der Waals surface area contributed by atoms with Gasteiger partial charge in [0.25, 0.3) is 0 Å². The largest absolute Gasteiger partial charge is 0.492 e. The van der Waals surface area contributed by atoms with E-state index in [1.54, 1.807) is 0 Å². The number of nitrogens with one attached hydrogen (secondary N) is 1. The van der Waals surface area contributed by atoms with Crippen molar-refractivity contribution < 1.29 is 14.3 Å². The first-order valence-corrected chi connectivity index (χ1v) is 8.23. The monoisotopic (exact) mass is 301 g/mol. The van der Waals surface area contributed by atoms with Crippen molar-refractivity contribution >= 4 is 11.7 Å². The highest BCUT2D eigenvalue weighted by Crippen LogP contribution is 2.40. The summed E-state index contributed by atoms with van der Waals surface area (Å²) in [5.41, 5.74) is 0. The third-order valence-electron chi connectivity index (χ3n) is 4.83. The van der Waals surface area contributed by atoms with Crippen LogP contribution in [0, 0.1) is 17.8 Å². The maximum absolute atomic E-state index is 12.3. The Labute approximate surface area is 131 Å². The van der Waals surface area contributed by atoms with Gasteiger partial charge in [-0.1, -0.05) is 24.6 Å². The number of ketones is 1. The van der Waals surface area contributed by atoms with Gasteiger partial charge in [0.1, 0.15) is 18.1 Å². The number of ether oxygens (including phenoxy) is 1. The smallest absolute Gasteiger partial charge is 0.223 e. The van der Waals surface area contributed by atoms with Gasteiger partial charge in [-0.15, -0.1) is 0 Å². The lowest BCUT2D eigenvalue weighted by molar-refractivity contribution is -0.137. The van der Waals surface area contributed by atoms with E-state index in [1.165, 1.54) is 0 Å². The van der Waals surface area contributed by atoms with Crippen LogP contribution in [0.4, 0.5) is 0 Å². The molecule has 2 saturated carbocycles. The highest BCUT2D eigenvalue weighted by Gasteiger charge is 2.41. The fourth-order valence-electron chi connectivity index (χ4n) is 3.70. The molecule has 0 aromatic heterocycles. The molecule has 2 unspecified atom stereocenters. The van der Waals surface area contributed by atoms with E-state index in [0.717, 1.165) is 37.9 Å². The van der Waals surface area contributed by atoms with Gasteiger partial charge in [-0.25, -0.2) is 0 Å². The Hall–Kier alpha value is -1.84. The van der Waals surface area contributed by atoms with E-state index in [0.29, 0.717) is 18.9 Å². The Morgan fingerprint density at radius 3 is 2.50 bits per heavy atom. The van der Waals surface area contributed by atoms with E-state index in [2.05, 4.69) is 5.32 Å². The second-order valence-electron chi connectivity index (χ2n) is 6.35. The fourth-order valence-corrected chi connectivity index (χ4v) is 3.70. The SMILES string of the molecule is O=C(NCCOc1ccccc1)C1CC2CCCC(C1)C2=O. The molecule has 0 spiro atoms. The summed E-state index contributed by atoms with van der Waals surface area (Å²) in [6.07, 6.45) is 4.55. The van der Waals surface area contributed by atoms with Crippen molar-refractivity contribution in [3.05, 3.63) is 30.3 Å². The molecule has 4 heteroatoms. The highest BCUT2D eigenvalue weighted by molar-refractivity contribution is 5.88. The molecule has 2 aliphatic carbocycles. The van der Waals surface area contributed by atoms with E-state index in [1.807, 2.05) is 30.3 Å². The summed E-state index contributed by atoms with van der Waals surface area (Å²) in [7, 11) is 0. The molecule has 2 aliphatic rings. The van der Waals surface area contributed by atoms with E-state index in [-0.39, 0.29) is 23.7 Å². The molecule has 0 saturated heterocycles. The number of fused-ring (bicyclic) bond motifs is 2. The van der Waals surface area contributed by atoms with Gasteiger partial charge < -0.3 is 10.1 Å². The number of rotatable bonds is 5. The normalized spacial score (nSPS) is 27.3. The lowest BCUT2D eigenvalue weighted by atomic mass is 9.67. The summed E-state index contributed by atoms with van der Waals surface area (Å²) in [5.74, 6) is 1.57. The number of carbonyl (C=O) groups is 2. The average molecular weight is 301 g/mol. The molecule has 2 bridgehead atoms. The summed E-state index contributed by atoms with van der Waals surface area (Å²) in [4.78, 5) is 24.3. The minimum atomic E-state index is 0.00438. The zero-order valence-electron chi connectivity index (χ0n) is 12.8.